The molecular weight excluding hydrogens is 316 g/mol. The summed E-state index contributed by atoms with van der Waals surface area (Å²) in [5, 5.41) is 4.58. The van der Waals surface area contributed by atoms with E-state index < -0.39 is 17.7 Å². The highest BCUT2D eigenvalue weighted by molar-refractivity contribution is 5.95. The van der Waals surface area contributed by atoms with Gasteiger partial charge in [0.15, 0.2) is 11.6 Å². The Morgan fingerprint density at radius 3 is 2.83 bits per heavy atom. The van der Waals surface area contributed by atoms with Gasteiger partial charge in [-0.05, 0) is 29.8 Å². The smallest absolute Gasteiger partial charge is 0.340 e. The van der Waals surface area contributed by atoms with Crippen molar-refractivity contribution in [3.63, 3.8) is 0 Å². The van der Waals surface area contributed by atoms with E-state index in [1.54, 1.807) is 18.2 Å². The topological polar surface area (TPSA) is 70.1 Å². The monoisotopic (exact) mass is 328 g/mol. The van der Waals surface area contributed by atoms with Gasteiger partial charge in [0.25, 0.3) is 0 Å². The van der Waals surface area contributed by atoms with Crippen molar-refractivity contribution >= 4 is 29.1 Å². The quantitative estimate of drug-likeness (QED) is 0.802. The number of carbonyl (C=O) groups excluding carboxylic acids is 1. The molecule has 1 heterocycles. The molecule has 3 rings (SSSR count). The Hall–Kier alpha value is -3.22. The lowest BCUT2D eigenvalue weighted by Gasteiger charge is -2.02. The SMILES string of the molecule is COc1cc(C=Cc2nn(C(N)=O)c3cc(F)[c]cc23)ccc1F. The number of amides is 1. The molecule has 0 saturated heterocycles. The van der Waals surface area contributed by atoms with Gasteiger partial charge in [-0.1, -0.05) is 12.1 Å². The number of rotatable bonds is 3. The van der Waals surface area contributed by atoms with Crippen LogP contribution in [0.5, 0.6) is 5.75 Å². The Kier molecular flexibility index (Phi) is 3.99. The van der Waals surface area contributed by atoms with Crippen LogP contribution in [0.25, 0.3) is 23.1 Å². The van der Waals surface area contributed by atoms with Gasteiger partial charge < -0.3 is 10.5 Å². The highest BCUT2D eigenvalue weighted by Crippen LogP contribution is 2.23. The maximum absolute atomic E-state index is 13.4. The number of primary amides is 1. The summed E-state index contributed by atoms with van der Waals surface area (Å²) in [4.78, 5) is 11.4. The van der Waals surface area contributed by atoms with Gasteiger partial charge in [0.05, 0.1) is 18.3 Å². The molecule has 0 bridgehead atoms. The fraction of sp³-hybridized carbons (Fsp3) is 0.0588. The molecule has 24 heavy (non-hydrogen) atoms. The lowest BCUT2D eigenvalue weighted by molar-refractivity contribution is 0.248. The van der Waals surface area contributed by atoms with Gasteiger partial charge >= 0.3 is 6.03 Å². The van der Waals surface area contributed by atoms with E-state index in [0.29, 0.717) is 16.6 Å². The number of ether oxygens (including phenoxy) is 1. The van der Waals surface area contributed by atoms with Crippen LogP contribution in [-0.4, -0.2) is 22.9 Å². The van der Waals surface area contributed by atoms with Gasteiger partial charge in [-0.3, -0.25) is 0 Å². The summed E-state index contributed by atoms with van der Waals surface area (Å²) in [6, 6.07) is 8.47. The van der Waals surface area contributed by atoms with Crippen LogP contribution >= 0.6 is 0 Å². The van der Waals surface area contributed by atoms with Crippen LogP contribution in [0.2, 0.25) is 0 Å². The number of benzene rings is 2. The average molecular weight is 328 g/mol. The summed E-state index contributed by atoms with van der Waals surface area (Å²) < 4.78 is 32.6. The molecule has 0 spiro atoms. The van der Waals surface area contributed by atoms with Crippen molar-refractivity contribution in [3.8, 4) is 5.75 Å². The molecule has 1 aromatic heterocycles. The first-order chi connectivity index (χ1) is 11.5. The Morgan fingerprint density at radius 2 is 2.12 bits per heavy atom. The highest BCUT2D eigenvalue weighted by Gasteiger charge is 2.13. The highest BCUT2D eigenvalue weighted by atomic mass is 19.1. The molecule has 0 aliphatic carbocycles. The molecule has 3 aromatic rings. The van der Waals surface area contributed by atoms with Crippen LogP contribution in [0.3, 0.4) is 0 Å². The third-order valence-electron chi connectivity index (χ3n) is 3.42. The molecular formula is C17H12F2N3O2. The molecule has 0 fully saturated rings. The van der Waals surface area contributed by atoms with Gasteiger partial charge in [0, 0.05) is 17.5 Å². The van der Waals surface area contributed by atoms with Crippen molar-refractivity contribution in [1.29, 1.82) is 0 Å². The number of aromatic nitrogens is 2. The first kappa shape index (κ1) is 15.7. The van der Waals surface area contributed by atoms with E-state index in [-0.39, 0.29) is 11.3 Å². The van der Waals surface area contributed by atoms with Crippen molar-refractivity contribution < 1.29 is 18.3 Å². The molecule has 0 aliphatic heterocycles. The number of nitrogens with zero attached hydrogens (tertiary/aromatic N) is 2. The molecule has 1 radical (unpaired) electrons. The van der Waals surface area contributed by atoms with Gasteiger partial charge in [-0.25, -0.2) is 13.6 Å². The molecule has 0 unspecified atom stereocenters. The first-order valence-electron chi connectivity index (χ1n) is 6.91. The van der Waals surface area contributed by atoms with E-state index in [2.05, 4.69) is 11.2 Å². The predicted octanol–water partition coefficient (Wildman–Crippen LogP) is 3.22. The Labute approximate surface area is 135 Å². The summed E-state index contributed by atoms with van der Waals surface area (Å²) in [7, 11) is 1.37. The Bertz CT molecular complexity index is 964. The van der Waals surface area contributed by atoms with E-state index in [4.69, 9.17) is 10.5 Å². The van der Waals surface area contributed by atoms with Crippen molar-refractivity contribution in [3.05, 3.63) is 59.3 Å². The van der Waals surface area contributed by atoms with Crippen LogP contribution in [0, 0.1) is 17.7 Å². The first-order valence-corrected chi connectivity index (χ1v) is 6.91. The van der Waals surface area contributed by atoms with E-state index >= 15 is 0 Å². The molecule has 1 amide bonds. The summed E-state index contributed by atoms with van der Waals surface area (Å²) in [5.74, 6) is -0.980. The predicted molar refractivity (Wildman–Crippen MR) is 85.4 cm³/mol. The lowest BCUT2D eigenvalue weighted by atomic mass is 10.1. The number of methoxy groups -OCH3 is 1. The fourth-order valence-corrected chi connectivity index (χ4v) is 2.30. The summed E-state index contributed by atoms with van der Waals surface area (Å²) in [6.07, 6.45) is 3.28. The number of nitrogens with two attached hydrogens (primary N) is 1. The second-order valence-electron chi connectivity index (χ2n) is 4.94. The van der Waals surface area contributed by atoms with Crippen molar-refractivity contribution in [1.82, 2.24) is 9.78 Å². The molecule has 0 aliphatic rings. The second kappa shape index (κ2) is 6.11. The normalized spacial score (nSPS) is 11.3. The van der Waals surface area contributed by atoms with Gasteiger partial charge in [0.2, 0.25) is 0 Å². The molecule has 2 N–H and O–H groups in total. The van der Waals surface area contributed by atoms with E-state index in [0.717, 1.165) is 10.7 Å². The Balaban J connectivity index is 2.05. The average Bonchev–Trinajstić information content (AvgIpc) is 2.92. The van der Waals surface area contributed by atoms with Crippen molar-refractivity contribution in [2.45, 2.75) is 0 Å². The zero-order chi connectivity index (χ0) is 17.3. The molecule has 0 atom stereocenters. The fourth-order valence-electron chi connectivity index (χ4n) is 2.30. The minimum Gasteiger partial charge on any atom is -0.494 e. The Morgan fingerprint density at radius 1 is 1.33 bits per heavy atom. The molecule has 0 saturated carbocycles. The van der Waals surface area contributed by atoms with Crippen LogP contribution in [0.15, 0.2) is 30.3 Å². The van der Waals surface area contributed by atoms with Crippen LogP contribution in [0.4, 0.5) is 13.6 Å². The lowest BCUT2D eigenvalue weighted by Crippen LogP contribution is -2.20. The third-order valence-corrected chi connectivity index (χ3v) is 3.42. The van der Waals surface area contributed by atoms with Gasteiger partial charge in [-0.2, -0.15) is 9.78 Å². The second-order valence-corrected chi connectivity index (χ2v) is 4.94. The maximum Gasteiger partial charge on any atom is 0.340 e. The standard InChI is InChI=1S/C17H12F2N3O2/c1-24-16-8-10(2-6-13(16)19)3-7-14-12-5-4-11(18)9-15(12)22(21-14)17(20)23/h2-3,5-9H,1H3,(H2,20,23). The van der Waals surface area contributed by atoms with Crippen LogP contribution in [0.1, 0.15) is 11.3 Å². The largest absolute Gasteiger partial charge is 0.494 e. The number of fused-ring (bicyclic) bond motifs is 1. The molecule has 2 aromatic carbocycles. The van der Waals surface area contributed by atoms with Gasteiger partial charge in [0.1, 0.15) is 5.82 Å². The maximum atomic E-state index is 13.4. The summed E-state index contributed by atoms with van der Waals surface area (Å²) >= 11 is 0. The molecule has 121 valence electrons. The summed E-state index contributed by atoms with van der Waals surface area (Å²) in [5.41, 5.74) is 6.57. The zero-order valence-electron chi connectivity index (χ0n) is 12.6. The van der Waals surface area contributed by atoms with E-state index in [1.807, 2.05) is 0 Å². The molecule has 5 nitrogen and oxygen atoms in total. The van der Waals surface area contributed by atoms with Gasteiger partial charge in [-0.15, -0.1) is 0 Å². The minimum atomic E-state index is -0.825. The minimum absolute atomic E-state index is 0.111. The number of halogens is 2. The van der Waals surface area contributed by atoms with Crippen LogP contribution in [-0.2, 0) is 0 Å². The van der Waals surface area contributed by atoms with Crippen molar-refractivity contribution in [2.75, 3.05) is 7.11 Å². The van der Waals surface area contributed by atoms with Crippen molar-refractivity contribution in [2.24, 2.45) is 5.73 Å². The van der Waals surface area contributed by atoms with E-state index in [1.165, 1.54) is 25.3 Å². The molecule has 7 heteroatoms. The zero-order valence-corrected chi connectivity index (χ0v) is 12.6. The number of carbonyl (C=O) groups is 1. The van der Waals surface area contributed by atoms with Crippen LogP contribution < -0.4 is 10.5 Å². The number of hydrogen-bond donors (Lipinski definition) is 1. The summed E-state index contributed by atoms with van der Waals surface area (Å²) in [6.45, 7) is 0. The number of hydrogen-bond acceptors (Lipinski definition) is 3. The van der Waals surface area contributed by atoms with E-state index in [9.17, 15) is 13.6 Å². The third kappa shape index (κ3) is 2.83.